The first-order chi connectivity index (χ1) is 8.74. The van der Waals surface area contributed by atoms with Crippen LogP contribution in [0, 0.1) is 12.8 Å². The number of fused-ring (bicyclic) bond motifs is 1. The van der Waals surface area contributed by atoms with Gasteiger partial charge in [0, 0.05) is 19.1 Å². The first-order valence-corrected chi connectivity index (χ1v) is 7.22. The fourth-order valence-electron chi connectivity index (χ4n) is 3.21. The predicted octanol–water partition coefficient (Wildman–Crippen LogP) is 2.62. The molecule has 0 saturated carbocycles. The normalized spacial score (nSPS) is 28.0. The van der Waals surface area contributed by atoms with Crippen LogP contribution in [0.1, 0.15) is 24.8 Å². The van der Waals surface area contributed by atoms with Gasteiger partial charge in [0.15, 0.2) is 0 Å². The Balaban J connectivity index is 1.74. The van der Waals surface area contributed by atoms with Crippen molar-refractivity contribution >= 4 is 17.3 Å². The molecule has 3 heterocycles. The minimum Gasteiger partial charge on any atom is -0.370 e. The second-order valence-electron chi connectivity index (χ2n) is 5.47. The highest BCUT2D eigenvalue weighted by Crippen LogP contribution is 2.28. The van der Waals surface area contributed by atoms with E-state index in [0.717, 1.165) is 30.6 Å². The third-order valence-corrected chi connectivity index (χ3v) is 4.73. The van der Waals surface area contributed by atoms with E-state index in [9.17, 15) is 0 Å². The van der Waals surface area contributed by atoms with Crippen molar-refractivity contribution in [3.8, 4) is 0 Å². The Bertz CT molecular complexity index is 421. The van der Waals surface area contributed by atoms with E-state index in [1.165, 1.54) is 31.5 Å². The largest absolute Gasteiger partial charge is 0.370 e. The zero-order valence-electron chi connectivity index (χ0n) is 10.8. The van der Waals surface area contributed by atoms with Gasteiger partial charge in [0.25, 0.3) is 0 Å². The van der Waals surface area contributed by atoms with Gasteiger partial charge in [-0.25, -0.2) is 4.98 Å². The fourth-order valence-corrected chi connectivity index (χ4v) is 3.31. The number of hydrogen-bond donors (Lipinski definition) is 1. The van der Waals surface area contributed by atoms with Crippen LogP contribution in [-0.4, -0.2) is 30.7 Å². The summed E-state index contributed by atoms with van der Waals surface area (Å²) >= 11 is 5.99. The van der Waals surface area contributed by atoms with Gasteiger partial charge < -0.3 is 10.2 Å². The molecule has 2 atom stereocenters. The molecule has 0 bridgehead atoms. The molecule has 3 nitrogen and oxygen atoms in total. The summed E-state index contributed by atoms with van der Waals surface area (Å²) in [6.45, 7) is 5.49. The van der Waals surface area contributed by atoms with Crippen molar-refractivity contribution in [3.63, 3.8) is 0 Å². The molecular weight excluding hydrogens is 246 g/mol. The van der Waals surface area contributed by atoms with Crippen molar-refractivity contribution in [3.05, 3.63) is 23.0 Å². The number of halogens is 1. The SMILES string of the molecule is Cc1cc(N2CC[C@H]3CCN[C@H]3CC2)cnc1Cl. The van der Waals surface area contributed by atoms with Gasteiger partial charge in [-0.2, -0.15) is 0 Å². The second-order valence-corrected chi connectivity index (χ2v) is 5.83. The Morgan fingerprint density at radius 1 is 1.33 bits per heavy atom. The number of nitrogens with zero attached hydrogens (tertiary/aromatic N) is 2. The van der Waals surface area contributed by atoms with E-state index in [0.29, 0.717) is 5.15 Å². The molecule has 2 fully saturated rings. The van der Waals surface area contributed by atoms with Crippen LogP contribution in [-0.2, 0) is 0 Å². The van der Waals surface area contributed by atoms with Crippen LogP contribution in [0.25, 0.3) is 0 Å². The van der Waals surface area contributed by atoms with E-state index in [1.807, 2.05) is 13.1 Å². The van der Waals surface area contributed by atoms with Gasteiger partial charge in [-0.05, 0) is 50.3 Å². The molecule has 2 saturated heterocycles. The number of hydrogen-bond acceptors (Lipinski definition) is 3. The fraction of sp³-hybridized carbons (Fsp3) is 0.643. The van der Waals surface area contributed by atoms with Crippen molar-refractivity contribution in [2.75, 3.05) is 24.5 Å². The second kappa shape index (κ2) is 5.06. The van der Waals surface area contributed by atoms with Gasteiger partial charge in [0.05, 0.1) is 11.9 Å². The Hall–Kier alpha value is -0.800. The highest BCUT2D eigenvalue weighted by atomic mass is 35.5. The molecule has 3 rings (SSSR count). The van der Waals surface area contributed by atoms with E-state index >= 15 is 0 Å². The minimum atomic E-state index is 0.618. The van der Waals surface area contributed by atoms with Crippen molar-refractivity contribution in [2.45, 2.75) is 32.2 Å². The molecule has 4 heteroatoms. The number of pyridine rings is 1. The maximum Gasteiger partial charge on any atom is 0.132 e. The Kier molecular flexibility index (Phi) is 3.44. The molecule has 1 aromatic heterocycles. The van der Waals surface area contributed by atoms with Gasteiger partial charge >= 0.3 is 0 Å². The molecule has 1 N–H and O–H groups in total. The average Bonchev–Trinajstić information content (AvgIpc) is 2.72. The molecule has 0 amide bonds. The van der Waals surface area contributed by atoms with E-state index in [4.69, 9.17) is 11.6 Å². The van der Waals surface area contributed by atoms with Crippen LogP contribution in [0.2, 0.25) is 5.15 Å². The highest BCUT2D eigenvalue weighted by molar-refractivity contribution is 6.30. The number of aryl methyl sites for hydroxylation is 1. The van der Waals surface area contributed by atoms with Crippen LogP contribution < -0.4 is 10.2 Å². The molecule has 18 heavy (non-hydrogen) atoms. The van der Waals surface area contributed by atoms with Gasteiger partial charge in [0.1, 0.15) is 5.15 Å². The van der Waals surface area contributed by atoms with Crippen LogP contribution in [0.4, 0.5) is 5.69 Å². The molecule has 98 valence electrons. The smallest absolute Gasteiger partial charge is 0.132 e. The Labute approximate surface area is 114 Å². The standard InChI is InChI=1S/C14H20ClN3/c1-10-8-12(9-17-14(10)15)18-6-3-11-2-5-16-13(11)4-7-18/h8-9,11,13,16H,2-7H2,1H3/t11-,13+/m1/s1. The molecular formula is C14H20ClN3. The van der Waals surface area contributed by atoms with Crippen LogP contribution in [0.3, 0.4) is 0 Å². The van der Waals surface area contributed by atoms with Crippen LogP contribution in [0.5, 0.6) is 0 Å². The maximum absolute atomic E-state index is 5.99. The Morgan fingerprint density at radius 2 is 2.17 bits per heavy atom. The molecule has 0 radical (unpaired) electrons. The monoisotopic (exact) mass is 265 g/mol. The van der Waals surface area contributed by atoms with E-state index in [2.05, 4.69) is 21.3 Å². The molecule has 0 spiro atoms. The summed E-state index contributed by atoms with van der Waals surface area (Å²) in [6, 6.07) is 2.89. The first-order valence-electron chi connectivity index (χ1n) is 6.84. The molecule has 1 aromatic rings. The lowest BCUT2D eigenvalue weighted by Gasteiger charge is -2.23. The van der Waals surface area contributed by atoms with Crippen molar-refractivity contribution in [1.82, 2.24) is 10.3 Å². The van der Waals surface area contributed by atoms with Crippen molar-refractivity contribution in [2.24, 2.45) is 5.92 Å². The molecule has 2 aliphatic heterocycles. The van der Waals surface area contributed by atoms with Gasteiger partial charge in [-0.3, -0.25) is 0 Å². The number of aromatic nitrogens is 1. The minimum absolute atomic E-state index is 0.618. The summed E-state index contributed by atoms with van der Waals surface area (Å²) in [5.74, 6) is 0.872. The van der Waals surface area contributed by atoms with Gasteiger partial charge in [-0.1, -0.05) is 11.6 Å². The predicted molar refractivity (Wildman–Crippen MR) is 75.3 cm³/mol. The summed E-state index contributed by atoms with van der Waals surface area (Å²) in [7, 11) is 0. The molecule has 0 aliphatic carbocycles. The zero-order chi connectivity index (χ0) is 12.5. The number of nitrogens with one attached hydrogen (secondary N) is 1. The lowest BCUT2D eigenvalue weighted by atomic mass is 9.96. The third kappa shape index (κ3) is 2.34. The molecule has 0 aromatic carbocycles. The highest BCUT2D eigenvalue weighted by Gasteiger charge is 2.30. The number of anilines is 1. The zero-order valence-corrected chi connectivity index (χ0v) is 11.6. The van der Waals surface area contributed by atoms with Crippen molar-refractivity contribution in [1.29, 1.82) is 0 Å². The number of rotatable bonds is 1. The average molecular weight is 266 g/mol. The van der Waals surface area contributed by atoms with Crippen LogP contribution in [0.15, 0.2) is 12.3 Å². The van der Waals surface area contributed by atoms with Crippen molar-refractivity contribution < 1.29 is 0 Å². The van der Waals surface area contributed by atoms with E-state index in [1.54, 1.807) is 0 Å². The third-order valence-electron chi connectivity index (χ3n) is 4.34. The lowest BCUT2D eigenvalue weighted by Crippen LogP contribution is -2.28. The van der Waals surface area contributed by atoms with Gasteiger partial charge in [0.2, 0.25) is 0 Å². The van der Waals surface area contributed by atoms with Crippen LogP contribution >= 0.6 is 11.6 Å². The quantitative estimate of drug-likeness (QED) is 0.792. The lowest BCUT2D eigenvalue weighted by molar-refractivity contribution is 0.436. The molecule has 0 unspecified atom stereocenters. The van der Waals surface area contributed by atoms with E-state index < -0.39 is 0 Å². The first kappa shape index (κ1) is 12.2. The summed E-state index contributed by atoms with van der Waals surface area (Å²) in [5, 5.41) is 4.25. The van der Waals surface area contributed by atoms with E-state index in [-0.39, 0.29) is 0 Å². The molecule has 2 aliphatic rings. The summed E-state index contributed by atoms with van der Waals surface area (Å²) < 4.78 is 0. The van der Waals surface area contributed by atoms with Gasteiger partial charge in [-0.15, -0.1) is 0 Å². The summed E-state index contributed by atoms with van der Waals surface area (Å²) in [5.41, 5.74) is 2.29. The summed E-state index contributed by atoms with van der Waals surface area (Å²) in [6.07, 6.45) is 5.78. The maximum atomic E-state index is 5.99. The summed E-state index contributed by atoms with van der Waals surface area (Å²) in [4.78, 5) is 6.72. The topological polar surface area (TPSA) is 28.2 Å². The Morgan fingerprint density at radius 3 is 3.00 bits per heavy atom.